The van der Waals surface area contributed by atoms with Crippen molar-refractivity contribution in [1.82, 2.24) is 5.32 Å². The van der Waals surface area contributed by atoms with E-state index < -0.39 is 11.9 Å². The van der Waals surface area contributed by atoms with Crippen LogP contribution in [0.4, 0.5) is 5.69 Å². The molecule has 4 N–H and O–H groups in total. The Hall–Kier alpha value is -2.57. The molecule has 1 atom stereocenters. The van der Waals surface area contributed by atoms with Gasteiger partial charge in [0.2, 0.25) is 0 Å². The highest BCUT2D eigenvalue weighted by atomic mass is 35.5. The lowest BCUT2D eigenvalue weighted by Crippen LogP contribution is -2.16. The first kappa shape index (κ1) is 23.7. The second-order valence-electron chi connectivity index (χ2n) is 7.37. The van der Waals surface area contributed by atoms with E-state index in [0.29, 0.717) is 0 Å². The molecule has 0 saturated carbocycles. The SMILES string of the molecule is Cc1ccc([C@H](C)Nc2c(Cl)ccc3c2CCNCC3)cc1.O=C(O)CCC(=O)O. The molecule has 6 nitrogen and oxygen atoms in total. The summed E-state index contributed by atoms with van der Waals surface area (Å²) in [6.45, 7) is 6.36. The minimum Gasteiger partial charge on any atom is -0.481 e. The summed E-state index contributed by atoms with van der Waals surface area (Å²) in [4.78, 5) is 19.3. The molecule has 30 heavy (non-hydrogen) atoms. The van der Waals surface area contributed by atoms with Crippen LogP contribution >= 0.6 is 11.6 Å². The van der Waals surface area contributed by atoms with Crippen LogP contribution in [0.25, 0.3) is 0 Å². The standard InChI is InChI=1S/C19H23ClN2.C4H6O4/c1-13-3-5-15(6-4-13)14(2)22-19-17-10-12-21-11-9-16(17)7-8-18(19)20;5-3(6)1-2-4(7)8/h3-8,14,21-22H,9-12H2,1-2H3;1-2H2,(H,5,6)(H,7,8)/t14-;/m0./s1. The van der Waals surface area contributed by atoms with Gasteiger partial charge in [-0.3, -0.25) is 9.59 Å². The van der Waals surface area contributed by atoms with E-state index in [1.165, 1.54) is 22.3 Å². The third-order valence-electron chi connectivity index (χ3n) is 4.97. The number of rotatable bonds is 6. The van der Waals surface area contributed by atoms with E-state index in [9.17, 15) is 9.59 Å². The number of benzene rings is 2. The number of halogens is 1. The van der Waals surface area contributed by atoms with E-state index in [-0.39, 0.29) is 18.9 Å². The fourth-order valence-corrected chi connectivity index (χ4v) is 3.50. The van der Waals surface area contributed by atoms with E-state index in [4.69, 9.17) is 21.8 Å². The van der Waals surface area contributed by atoms with E-state index in [0.717, 1.165) is 36.6 Å². The highest BCUT2D eigenvalue weighted by Crippen LogP contribution is 2.33. The Bertz CT molecular complexity index is 854. The Balaban J connectivity index is 0.000000343. The van der Waals surface area contributed by atoms with Crippen LogP contribution in [0.5, 0.6) is 0 Å². The fraction of sp³-hybridized carbons (Fsp3) is 0.391. The summed E-state index contributed by atoms with van der Waals surface area (Å²) in [7, 11) is 0. The van der Waals surface area contributed by atoms with Crippen LogP contribution in [0.3, 0.4) is 0 Å². The van der Waals surface area contributed by atoms with Gasteiger partial charge in [-0.15, -0.1) is 0 Å². The Kier molecular flexibility index (Phi) is 9.15. The van der Waals surface area contributed by atoms with E-state index >= 15 is 0 Å². The van der Waals surface area contributed by atoms with Gasteiger partial charge in [0.15, 0.2) is 0 Å². The summed E-state index contributed by atoms with van der Waals surface area (Å²) in [6, 6.07) is 13.1. The average molecular weight is 433 g/mol. The zero-order chi connectivity index (χ0) is 22.1. The van der Waals surface area contributed by atoms with Crippen molar-refractivity contribution < 1.29 is 19.8 Å². The van der Waals surface area contributed by atoms with Crippen LogP contribution in [-0.2, 0) is 22.4 Å². The number of nitrogens with one attached hydrogen (secondary N) is 2. The molecule has 1 heterocycles. The number of carbonyl (C=O) groups is 2. The third-order valence-corrected chi connectivity index (χ3v) is 5.29. The van der Waals surface area contributed by atoms with Crippen molar-refractivity contribution in [2.75, 3.05) is 18.4 Å². The topological polar surface area (TPSA) is 98.7 Å². The number of carboxylic acid groups (broad SMARTS) is 2. The zero-order valence-electron chi connectivity index (χ0n) is 17.4. The maximum absolute atomic E-state index is 9.64. The van der Waals surface area contributed by atoms with Crippen molar-refractivity contribution in [2.45, 2.75) is 45.6 Å². The lowest BCUT2D eigenvalue weighted by Gasteiger charge is -2.21. The molecule has 0 bridgehead atoms. The molecule has 0 radical (unpaired) electrons. The maximum Gasteiger partial charge on any atom is 0.303 e. The average Bonchev–Trinajstić information content (AvgIpc) is 2.95. The molecular weight excluding hydrogens is 404 g/mol. The number of aliphatic carboxylic acids is 2. The van der Waals surface area contributed by atoms with Crippen LogP contribution in [0.2, 0.25) is 5.02 Å². The van der Waals surface area contributed by atoms with Gasteiger partial charge in [0.1, 0.15) is 0 Å². The molecule has 0 amide bonds. The lowest BCUT2D eigenvalue weighted by molar-refractivity contribution is -0.143. The van der Waals surface area contributed by atoms with Crippen LogP contribution in [0.1, 0.15) is 48.1 Å². The first-order chi connectivity index (χ1) is 14.3. The first-order valence-electron chi connectivity index (χ1n) is 10.1. The predicted molar refractivity (Wildman–Crippen MR) is 119 cm³/mol. The largest absolute Gasteiger partial charge is 0.481 e. The molecule has 1 aliphatic heterocycles. The molecule has 0 saturated heterocycles. The van der Waals surface area contributed by atoms with Gasteiger partial charge in [-0.2, -0.15) is 0 Å². The van der Waals surface area contributed by atoms with E-state index in [1.54, 1.807) is 0 Å². The van der Waals surface area contributed by atoms with Crippen LogP contribution < -0.4 is 10.6 Å². The highest BCUT2D eigenvalue weighted by Gasteiger charge is 2.16. The van der Waals surface area contributed by atoms with E-state index in [2.05, 4.69) is 54.8 Å². The van der Waals surface area contributed by atoms with Crippen molar-refractivity contribution in [3.8, 4) is 0 Å². The molecule has 0 unspecified atom stereocenters. The molecule has 2 aromatic rings. The Morgan fingerprint density at radius 2 is 1.63 bits per heavy atom. The van der Waals surface area contributed by atoms with Crippen LogP contribution in [0.15, 0.2) is 36.4 Å². The van der Waals surface area contributed by atoms with Crippen LogP contribution in [-0.4, -0.2) is 35.2 Å². The second-order valence-corrected chi connectivity index (χ2v) is 7.78. The van der Waals surface area contributed by atoms with Crippen molar-refractivity contribution in [2.24, 2.45) is 0 Å². The van der Waals surface area contributed by atoms with Crippen molar-refractivity contribution in [3.05, 3.63) is 63.7 Å². The lowest BCUT2D eigenvalue weighted by atomic mass is 9.99. The number of fused-ring (bicyclic) bond motifs is 1. The number of hydrogen-bond acceptors (Lipinski definition) is 4. The summed E-state index contributed by atoms with van der Waals surface area (Å²) in [6.07, 6.45) is 1.50. The Labute approximate surface area is 182 Å². The van der Waals surface area contributed by atoms with Crippen molar-refractivity contribution in [3.63, 3.8) is 0 Å². The Morgan fingerprint density at radius 1 is 1.03 bits per heavy atom. The Morgan fingerprint density at radius 3 is 2.23 bits per heavy atom. The molecule has 0 spiro atoms. The van der Waals surface area contributed by atoms with Crippen molar-refractivity contribution >= 4 is 29.2 Å². The van der Waals surface area contributed by atoms with Crippen LogP contribution in [0, 0.1) is 6.92 Å². The minimum absolute atomic E-state index is 0.237. The number of carboxylic acids is 2. The quantitative estimate of drug-likeness (QED) is 0.538. The molecule has 7 heteroatoms. The minimum atomic E-state index is -1.08. The van der Waals surface area contributed by atoms with Gasteiger partial charge in [0.25, 0.3) is 0 Å². The zero-order valence-corrected chi connectivity index (χ0v) is 18.1. The molecule has 0 fully saturated rings. The maximum atomic E-state index is 9.64. The van der Waals surface area contributed by atoms with Crippen molar-refractivity contribution in [1.29, 1.82) is 0 Å². The van der Waals surface area contributed by atoms with Gasteiger partial charge in [-0.1, -0.05) is 47.5 Å². The molecule has 2 aromatic carbocycles. The molecule has 162 valence electrons. The predicted octanol–water partition coefficient (Wildman–Crippen LogP) is 4.45. The smallest absolute Gasteiger partial charge is 0.303 e. The summed E-state index contributed by atoms with van der Waals surface area (Å²) in [5.41, 5.74) is 6.46. The van der Waals surface area contributed by atoms with Gasteiger partial charge in [-0.05, 0) is 62.5 Å². The van der Waals surface area contributed by atoms with E-state index in [1.807, 2.05) is 6.07 Å². The summed E-state index contributed by atoms with van der Waals surface area (Å²) < 4.78 is 0. The van der Waals surface area contributed by atoms with Gasteiger partial charge >= 0.3 is 11.9 Å². The third kappa shape index (κ3) is 7.35. The summed E-state index contributed by atoms with van der Waals surface area (Å²) >= 11 is 6.49. The molecule has 1 aliphatic rings. The van der Waals surface area contributed by atoms with Gasteiger partial charge in [0.05, 0.1) is 23.6 Å². The molecular formula is C23H29ClN2O4. The van der Waals surface area contributed by atoms with Gasteiger partial charge < -0.3 is 20.8 Å². The fourth-order valence-electron chi connectivity index (χ4n) is 3.27. The second kappa shape index (κ2) is 11.6. The molecule has 0 aromatic heterocycles. The molecule has 3 rings (SSSR count). The molecule has 0 aliphatic carbocycles. The summed E-state index contributed by atoms with van der Waals surface area (Å²) in [5.74, 6) is -2.15. The number of anilines is 1. The van der Waals surface area contributed by atoms with Gasteiger partial charge in [-0.25, -0.2) is 0 Å². The number of aryl methyl sites for hydroxylation is 1. The normalized spacial score (nSPS) is 13.8. The summed E-state index contributed by atoms with van der Waals surface area (Å²) in [5, 5.41) is 23.7. The first-order valence-corrected chi connectivity index (χ1v) is 10.4. The van der Waals surface area contributed by atoms with Gasteiger partial charge in [0, 0.05) is 6.04 Å². The highest BCUT2D eigenvalue weighted by molar-refractivity contribution is 6.33. The monoisotopic (exact) mass is 432 g/mol. The number of hydrogen-bond donors (Lipinski definition) is 4.